The van der Waals surface area contributed by atoms with Gasteiger partial charge in [-0.25, -0.2) is 0 Å². The van der Waals surface area contributed by atoms with Crippen LogP contribution in [0, 0.1) is 0 Å². The predicted molar refractivity (Wildman–Crippen MR) is 71.3 cm³/mol. The zero-order chi connectivity index (χ0) is 13.9. The number of carbonyl (C=O) groups is 2. The van der Waals surface area contributed by atoms with Gasteiger partial charge in [0, 0.05) is 17.3 Å². The van der Waals surface area contributed by atoms with Crippen molar-refractivity contribution >= 4 is 17.5 Å². The van der Waals surface area contributed by atoms with Gasteiger partial charge in [0.25, 0.3) is 11.8 Å². The zero-order valence-corrected chi connectivity index (χ0v) is 10.6. The summed E-state index contributed by atoms with van der Waals surface area (Å²) in [7, 11) is 0. The fourth-order valence-corrected chi connectivity index (χ4v) is 1.74. The first-order valence-electron chi connectivity index (χ1n) is 6.30. The third-order valence-electron chi connectivity index (χ3n) is 2.94. The molecule has 1 aromatic heterocycles. The average molecular weight is 271 g/mol. The Hall–Kier alpha value is -2.70. The van der Waals surface area contributed by atoms with Crippen LogP contribution in [0.2, 0.25) is 0 Å². The fourth-order valence-electron chi connectivity index (χ4n) is 1.74. The van der Waals surface area contributed by atoms with E-state index >= 15 is 0 Å². The minimum atomic E-state index is -0.376. The van der Waals surface area contributed by atoms with Crippen molar-refractivity contribution in [1.29, 1.82) is 0 Å². The summed E-state index contributed by atoms with van der Waals surface area (Å²) >= 11 is 0. The monoisotopic (exact) mass is 271 g/mol. The molecule has 0 spiro atoms. The van der Waals surface area contributed by atoms with Crippen LogP contribution in [0.1, 0.15) is 33.7 Å². The zero-order valence-electron chi connectivity index (χ0n) is 10.6. The number of hydrogen-bond donors (Lipinski definition) is 3. The molecule has 20 heavy (non-hydrogen) atoms. The standard InChI is InChI=1S/C13H13N5O2/c19-12(15-9-4-5-9)8-2-1-3-10(6-8)16-13(20)11-7-14-18-17-11/h1-3,6-7,9H,4-5H2,(H,15,19)(H,16,20)(H,14,17,18). The highest BCUT2D eigenvalue weighted by atomic mass is 16.2. The molecule has 1 fully saturated rings. The maximum Gasteiger partial charge on any atom is 0.277 e. The summed E-state index contributed by atoms with van der Waals surface area (Å²) in [5.74, 6) is -0.497. The molecule has 1 heterocycles. The smallest absolute Gasteiger partial charge is 0.277 e. The van der Waals surface area contributed by atoms with E-state index in [-0.39, 0.29) is 17.5 Å². The third-order valence-corrected chi connectivity index (χ3v) is 2.94. The van der Waals surface area contributed by atoms with Crippen LogP contribution in [-0.4, -0.2) is 33.3 Å². The molecule has 0 atom stereocenters. The van der Waals surface area contributed by atoms with Crippen LogP contribution >= 0.6 is 0 Å². The molecule has 1 aromatic carbocycles. The highest BCUT2D eigenvalue weighted by molar-refractivity contribution is 6.03. The Morgan fingerprint density at radius 2 is 2.10 bits per heavy atom. The van der Waals surface area contributed by atoms with Gasteiger partial charge in [0.05, 0.1) is 6.20 Å². The van der Waals surface area contributed by atoms with Crippen LogP contribution in [0.15, 0.2) is 30.5 Å². The molecule has 102 valence electrons. The molecule has 7 nitrogen and oxygen atoms in total. The molecule has 2 amide bonds. The first-order valence-corrected chi connectivity index (χ1v) is 6.30. The topological polar surface area (TPSA) is 99.8 Å². The van der Waals surface area contributed by atoms with Crippen molar-refractivity contribution in [2.45, 2.75) is 18.9 Å². The minimum Gasteiger partial charge on any atom is -0.349 e. The molecule has 0 saturated heterocycles. The number of hydrogen-bond acceptors (Lipinski definition) is 4. The lowest BCUT2D eigenvalue weighted by Gasteiger charge is -2.06. The van der Waals surface area contributed by atoms with Gasteiger partial charge in [-0.2, -0.15) is 15.4 Å². The van der Waals surface area contributed by atoms with Crippen LogP contribution in [-0.2, 0) is 0 Å². The molecule has 0 bridgehead atoms. The molecule has 0 aliphatic heterocycles. The molecule has 0 radical (unpaired) electrons. The van der Waals surface area contributed by atoms with Crippen LogP contribution in [0.3, 0.4) is 0 Å². The van der Waals surface area contributed by atoms with Crippen molar-refractivity contribution in [3.63, 3.8) is 0 Å². The molecule has 1 saturated carbocycles. The van der Waals surface area contributed by atoms with Gasteiger partial charge < -0.3 is 10.6 Å². The highest BCUT2D eigenvalue weighted by Crippen LogP contribution is 2.20. The summed E-state index contributed by atoms with van der Waals surface area (Å²) < 4.78 is 0. The van der Waals surface area contributed by atoms with Gasteiger partial charge in [-0.05, 0) is 31.0 Å². The first-order chi connectivity index (χ1) is 9.72. The summed E-state index contributed by atoms with van der Waals surface area (Å²) in [5.41, 5.74) is 1.26. The van der Waals surface area contributed by atoms with E-state index in [0.717, 1.165) is 12.8 Å². The van der Waals surface area contributed by atoms with E-state index in [0.29, 0.717) is 17.3 Å². The Morgan fingerprint density at radius 3 is 2.80 bits per heavy atom. The van der Waals surface area contributed by atoms with Crippen LogP contribution < -0.4 is 10.6 Å². The van der Waals surface area contributed by atoms with Gasteiger partial charge in [0.15, 0.2) is 5.69 Å². The van der Waals surface area contributed by atoms with Gasteiger partial charge in [-0.1, -0.05) is 6.07 Å². The number of carbonyl (C=O) groups excluding carboxylic acids is 2. The quantitative estimate of drug-likeness (QED) is 0.770. The maximum absolute atomic E-state index is 11.9. The Morgan fingerprint density at radius 1 is 1.25 bits per heavy atom. The second kappa shape index (κ2) is 5.12. The largest absolute Gasteiger partial charge is 0.349 e. The van der Waals surface area contributed by atoms with E-state index in [2.05, 4.69) is 26.0 Å². The second-order valence-corrected chi connectivity index (χ2v) is 4.64. The van der Waals surface area contributed by atoms with Crippen LogP contribution in [0.4, 0.5) is 5.69 Å². The number of nitrogens with one attached hydrogen (secondary N) is 3. The summed E-state index contributed by atoms with van der Waals surface area (Å²) in [6.45, 7) is 0. The molecule has 0 unspecified atom stereocenters. The Balaban J connectivity index is 1.70. The normalized spacial score (nSPS) is 13.8. The minimum absolute atomic E-state index is 0.120. The second-order valence-electron chi connectivity index (χ2n) is 4.64. The lowest BCUT2D eigenvalue weighted by Crippen LogP contribution is -2.25. The van der Waals surface area contributed by atoms with Gasteiger partial charge in [0.1, 0.15) is 0 Å². The molecule has 2 aromatic rings. The lowest BCUT2D eigenvalue weighted by molar-refractivity contribution is 0.0949. The number of H-pyrrole nitrogens is 1. The highest BCUT2D eigenvalue weighted by Gasteiger charge is 2.23. The summed E-state index contributed by atoms with van der Waals surface area (Å²) in [6.07, 6.45) is 3.40. The summed E-state index contributed by atoms with van der Waals surface area (Å²) in [6, 6.07) is 7.08. The number of amides is 2. The average Bonchev–Trinajstić information content (AvgIpc) is 3.08. The number of aromatic amines is 1. The number of rotatable bonds is 4. The Bertz CT molecular complexity index is 634. The third kappa shape index (κ3) is 2.82. The molecule has 7 heteroatoms. The van der Waals surface area contributed by atoms with Crippen molar-refractivity contribution in [2.24, 2.45) is 0 Å². The van der Waals surface area contributed by atoms with E-state index < -0.39 is 0 Å². The van der Waals surface area contributed by atoms with Gasteiger partial charge in [0.2, 0.25) is 0 Å². The van der Waals surface area contributed by atoms with Gasteiger partial charge in [-0.15, -0.1) is 0 Å². The first kappa shape index (κ1) is 12.3. The van der Waals surface area contributed by atoms with E-state index in [9.17, 15) is 9.59 Å². The van der Waals surface area contributed by atoms with Crippen molar-refractivity contribution < 1.29 is 9.59 Å². The van der Waals surface area contributed by atoms with Crippen molar-refractivity contribution in [3.05, 3.63) is 41.7 Å². The number of nitrogens with zero attached hydrogens (tertiary/aromatic N) is 2. The van der Waals surface area contributed by atoms with Gasteiger partial charge >= 0.3 is 0 Å². The molecule has 3 N–H and O–H groups in total. The number of aromatic nitrogens is 3. The maximum atomic E-state index is 11.9. The predicted octanol–water partition coefficient (Wildman–Crippen LogP) is 0.949. The van der Waals surface area contributed by atoms with E-state index in [1.807, 2.05) is 0 Å². The van der Waals surface area contributed by atoms with E-state index in [1.165, 1.54) is 6.20 Å². The molecule has 1 aliphatic rings. The number of anilines is 1. The molecule has 1 aliphatic carbocycles. The molecule has 3 rings (SSSR count). The molecular formula is C13H13N5O2. The summed E-state index contributed by atoms with van der Waals surface area (Å²) in [5, 5.41) is 15.2. The Kier molecular flexibility index (Phi) is 3.16. The van der Waals surface area contributed by atoms with Gasteiger partial charge in [-0.3, -0.25) is 9.59 Å². The molecular weight excluding hydrogens is 258 g/mol. The van der Waals surface area contributed by atoms with Crippen molar-refractivity contribution in [1.82, 2.24) is 20.7 Å². The van der Waals surface area contributed by atoms with E-state index in [1.54, 1.807) is 24.3 Å². The van der Waals surface area contributed by atoms with Crippen molar-refractivity contribution in [2.75, 3.05) is 5.32 Å². The lowest BCUT2D eigenvalue weighted by atomic mass is 10.2. The fraction of sp³-hybridized carbons (Fsp3) is 0.231. The van der Waals surface area contributed by atoms with Crippen molar-refractivity contribution in [3.8, 4) is 0 Å². The summed E-state index contributed by atoms with van der Waals surface area (Å²) in [4.78, 5) is 23.7. The van der Waals surface area contributed by atoms with E-state index in [4.69, 9.17) is 0 Å². The Labute approximate surface area is 114 Å². The van der Waals surface area contributed by atoms with Crippen LogP contribution in [0.25, 0.3) is 0 Å². The number of benzene rings is 1. The SMILES string of the molecule is O=C(NC1CC1)c1cccc(NC(=O)c2cn[nH]n2)c1. The van der Waals surface area contributed by atoms with Crippen LogP contribution in [0.5, 0.6) is 0 Å².